The number of benzene rings is 1. The minimum atomic E-state index is -0.990. The Morgan fingerprint density at radius 1 is 1.47 bits per heavy atom. The standard InChI is InChI=1S/C15H18FN3/c1-10-8-12(19(2)18-10)9-14(16)13-5-3-4-11-6-7-17-15(11)13/h3-5,8,14,17H,6-7,9H2,1-2H3. The van der Waals surface area contributed by atoms with Gasteiger partial charge in [0.1, 0.15) is 6.17 Å². The summed E-state index contributed by atoms with van der Waals surface area (Å²) in [5, 5.41) is 7.56. The minimum Gasteiger partial charge on any atom is -0.384 e. The van der Waals surface area contributed by atoms with E-state index in [2.05, 4.69) is 16.5 Å². The average Bonchev–Trinajstić information content (AvgIpc) is 2.95. The Bertz CT molecular complexity index is 603. The summed E-state index contributed by atoms with van der Waals surface area (Å²) in [6, 6.07) is 7.84. The van der Waals surface area contributed by atoms with Crippen molar-refractivity contribution in [2.75, 3.05) is 11.9 Å². The SMILES string of the molecule is Cc1cc(CC(F)c2cccc3c2NCC3)n(C)n1. The molecule has 0 spiro atoms. The van der Waals surface area contributed by atoms with Crippen molar-refractivity contribution in [2.45, 2.75) is 25.9 Å². The highest BCUT2D eigenvalue weighted by Crippen LogP contribution is 2.34. The van der Waals surface area contributed by atoms with Crippen molar-refractivity contribution in [3.63, 3.8) is 0 Å². The molecular weight excluding hydrogens is 241 g/mol. The number of para-hydroxylation sites is 1. The van der Waals surface area contributed by atoms with Gasteiger partial charge in [0.05, 0.1) is 5.69 Å². The monoisotopic (exact) mass is 259 g/mol. The fourth-order valence-corrected chi connectivity index (χ4v) is 2.78. The van der Waals surface area contributed by atoms with E-state index >= 15 is 0 Å². The lowest BCUT2D eigenvalue weighted by Crippen LogP contribution is -2.05. The molecule has 19 heavy (non-hydrogen) atoms. The summed E-state index contributed by atoms with van der Waals surface area (Å²) in [5.74, 6) is 0. The smallest absolute Gasteiger partial charge is 0.133 e. The van der Waals surface area contributed by atoms with E-state index in [1.807, 2.05) is 32.2 Å². The summed E-state index contributed by atoms with van der Waals surface area (Å²) in [6.07, 6.45) is 0.367. The Morgan fingerprint density at radius 3 is 3.05 bits per heavy atom. The van der Waals surface area contributed by atoms with Gasteiger partial charge in [-0.1, -0.05) is 18.2 Å². The summed E-state index contributed by atoms with van der Waals surface area (Å²) in [5.41, 5.74) is 4.85. The third-order valence-electron chi connectivity index (χ3n) is 3.70. The van der Waals surface area contributed by atoms with Crippen LogP contribution >= 0.6 is 0 Å². The molecule has 0 fully saturated rings. The summed E-state index contributed by atoms with van der Waals surface area (Å²) in [6.45, 7) is 2.84. The van der Waals surface area contributed by atoms with Gasteiger partial charge in [-0.05, 0) is 25.0 Å². The van der Waals surface area contributed by atoms with Gasteiger partial charge < -0.3 is 5.32 Å². The van der Waals surface area contributed by atoms with Crippen LogP contribution in [0.3, 0.4) is 0 Å². The van der Waals surface area contributed by atoms with Crippen LogP contribution in [-0.2, 0) is 19.9 Å². The Morgan fingerprint density at radius 2 is 2.32 bits per heavy atom. The molecule has 0 amide bonds. The van der Waals surface area contributed by atoms with Gasteiger partial charge in [-0.3, -0.25) is 4.68 Å². The third-order valence-corrected chi connectivity index (χ3v) is 3.70. The highest BCUT2D eigenvalue weighted by molar-refractivity contribution is 5.62. The van der Waals surface area contributed by atoms with E-state index in [0.717, 1.165) is 35.6 Å². The van der Waals surface area contributed by atoms with Gasteiger partial charge >= 0.3 is 0 Å². The Labute approximate surface area is 112 Å². The molecular formula is C15H18FN3. The first-order chi connectivity index (χ1) is 9.15. The number of hydrogen-bond acceptors (Lipinski definition) is 2. The molecule has 0 aliphatic carbocycles. The maximum absolute atomic E-state index is 14.6. The van der Waals surface area contributed by atoms with Crippen molar-refractivity contribution < 1.29 is 4.39 Å². The number of aryl methyl sites for hydroxylation is 2. The van der Waals surface area contributed by atoms with Crippen LogP contribution in [0.2, 0.25) is 0 Å². The summed E-state index contributed by atoms with van der Waals surface area (Å²) < 4.78 is 16.3. The van der Waals surface area contributed by atoms with Crippen LogP contribution in [0.1, 0.15) is 28.7 Å². The lowest BCUT2D eigenvalue weighted by Gasteiger charge is -2.13. The lowest BCUT2D eigenvalue weighted by molar-refractivity contribution is 0.337. The average molecular weight is 259 g/mol. The van der Waals surface area contributed by atoms with Gasteiger partial charge in [0.2, 0.25) is 0 Å². The normalized spacial score (nSPS) is 15.1. The van der Waals surface area contributed by atoms with E-state index in [-0.39, 0.29) is 0 Å². The Hall–Kier alpha value is -1.84. The highest BCUT2D eigenvalue weighted by atomic mass is 19.1. The number of nitrogens with zero attached hydrogens (tertiary/aromatic N) is 2. The highest BCUT2D eigenvalue weighted by Gasteiger charge is 2.21. The van der Waals surface area contributed by atoms with E-state index in [0.29, 0.717) is 6.42 Å². The van der Waals surface area contributed by atoms with Crippen molar-refractivity contribution in [3.8, 4) is 0 Å². The fourth-order valence-electron chi connectivity index (χ4n) is 2.78. The predicted molar refractivity (Wildman–Crippen MR) is 74.1 cm³/mol. The summed E-state index contributed by atoms with van der Waals surface area (Å²) in [7, 11) is 1.86. The zero-order chi connectivity index (χ0) is 13.4. The van der Waals surface area contributed by atoms with Crippen molar-refractivity contribution in [3.05, 3.63) is 46.8 Å². The van der Waals surface area contributed by atoms with Crippen LogP contribution in [0.25, 0.3) is 0 Å². The van der Waals surface area contributed by atoms with E-state index in [4.69, 9.17) is 0 Å². The van der Waals surface area contributed by atoms with Gasteiger partial charge in [0, 0.05) is 37.0 Å². The first-order valence-corrected chi connectivity index (χ1v) is 6.64. The molecule has 3 rings (SSSR count). The molecule has 0 bridgehead atoms. The zero-order valence-corrected chi connectivity index (χ0v) is 11.3. The van der Waals surface area contributed by atoms with Gasteiger partial charge in [-0.25, -0.2) is 4.39 Å². The minimum absolute atomic E-state index is 0.371. The number of halogens is 1. The molecule has 2 aromatic rings. The summed E-state index contributed by atoms with van der Waals surface area (Å²) in [4.78, 5) is 0. The molecule has 1 atom stereocenters. The number of nitrogens with one attached hydrogen (secondary N) is 1. The topological polar surface area (TPSA) is 29.9 Å². The Balaban J connectivity index is 1.87. The van der Waals surface area contributed by atoms with Crippen LogP contribution in [0.5, 0.6) is 0 Å². The van der Waals surface area contributed by atoms with E-state index < -0.39 is 6.17 Å². The van der Waals surface area contributed by atoms with Crippen molar-refractivity contribution >= 4 is 5.69 Å². The zero-order valence-electron chi connectivity index (χ0n) is 11.3. The molecule has 1 aromatic heterocycles. The molecule has 1 aliphatic rings. The number of fused-ring (bicyclic) bond motifs is 1. The second kappa shape index (κ2) is 4.68. The van der Waals surface area contributed by atoms with E-state index in [9.17, 15) is 4.39 Å². The molecule has 1 aromatic carbocycles. The molecule has 0 saturated heterocycles. The van der Waals surface area contributed by atoms with Gasteiger partial charge in [0.25, 0.3) is 0 Å². The van der Waals surface area contributed by atoms with Crippen molar-refractivity contribution in [2.24, 2.45) is 7.05 Å². The molecule has 1 N–H and O–H groups in total. The predicted octanol–water partition coefficient (Wildman–Crippen LogP) is 2.95. The molecule has 100 valence electrons. The van der Waals surface area contributed by atoms with Gasteiger partial charge in [-0.2, -0.15) is 5.10 Å². The maximum Gasteiger partial charge on any atom is 0.133 e. The van der Waals surface area contributed by atoms with Crippen LogP contribution in [0.4, 0.5) is 10.1 Å². The number of alkyl halides is 1. The molecule has 2 heterocycles. The largest absolute Gasteiger partial charge is 0.384 e. The first kappa shape index (κ1) is 12.2. The molecule has 3 nitrogen and oxygen atoms in total. The molecule has 4 heteroatoms. The van der Waals surface area contributed by atoms with Crippen molar-refractivity contribution in [1.82, 2.24) is 9.78 Å². The molecule has 0 saturated carbocycles. The fraction of sp³-hybridized carbons (Fsp3) is 0.400. The van der Waals surface area contributed by atoms with Gasteiger partial charge in [0.15, 0.2) is 0 Å². The van der Waals surface area contributed by atoms with Crippen LogP contribution < -0.4 is 5.32 Å². The second-order valence-corrected chi connectivity index (χ2v) is 5.13. The Kier molecular flexibility index (Phi) is 3.01. The number of hydrogen-bond donors (Lipinski definition) is 1. The number of anilines is 1. The molecule has 1 unspecified atom stereocenters. The van der Waals surface area contributed by atoms with Crippen LogP contribution in [0.15, 0.2) is 24.3 Å². The first-order valence-electron chi connectivity index (χ1n) is 6.64. The van der Waals surface area contributed by atoms with E-state index in [1.165, 1.54) is 5.56 Å². The summed E-state index contributed by atoms with van der Waals surface area (Å²) >= 11 is 0. The van der Waals surface area contributed by atoms with Crippen LogP contribution in [-0.4, -0.2) is 16.3 Å². The second-order valence-electron chi connectivity index (χ2n) is 5.13. The van der Waals surface area contributed by atoms with Crippen molar-refractivity contribution in [1.29, 1.82) is 0 Å². The number of aromatic nitrogens is 2. The third kappa shape index (κ3) is 2.23. The lowest BCUT2D eigenvalue weighted by atomic mass is 10.0. The molecule has 1 aliphatic heterocycles. The van der Waals surface area contributed by atoms with Crippen LogP contribution in [0, 0.1) is 6.92 Å². The van der Waals surface area contributed by atoms with E-state index in [1.54, 1.807) is 4.68 Å². The quantitative estimate of drug-likeness (QED) is 0.918. The van der Waals surface area contributed by atoms with Gasteiger partial charge in [-0.15, -0.1) is 0 Å². The number of rotatable bonds is 3. The maximum atomic E-state index is 14.6. The molecule has 0 radical (unpaired) electrons.